The first-order valence-electron chi connectivity index (χ1n) is 10.2. The summed E-state index contributed by atoms with van der Waals surface area (Å²) in [6.45, 7) is 2.06. The number of aromatic nitrogens is 2. The van der Waals surface area contributed by atoms with E-state index >= 15 is 0 Å². The van der Waals surface area contributed by atoms with Crippen LogP contribution in [-0.2, 0) is 6.54 Å². The Kier molecular flexibility index (Phi) is 6.67. The van der Waals surface area contributed by atoms with Gasteiger partial charge in [-0.25, -0.2) is 4.98 Å². The van der Waals surface area contributed by atoms with E-state index in [0.717, 1.165) is 41.7 Å². The SMILES string of the molecule is CN(C)c1nc(N[C@H]2CC[C@@H](CNCc3cc(Br)cs3)CC2)nc2ccccc12. The molecule has 0 unspecified atom stereocenters. The van der Waals surface area contributed by atoms with Gasteiger partial charge in [-0.1, -0.05) is 12.1 Å². The van der Waals surface area contributed by atoms with E-state index in [2.05, 4.69) is 55.0 Å². The van der Waals surface area contributed by atoms with Crippen LogP contribution < -0.4 is 15.5 Å². The first-order chi connectivity index (χ1) is 14.1. The van der Waals surface area contributed by atoms with Crippen molar-refractivity contribution in [3.63, 3.8) is 0 Å². The smallest absolute Gasteiger partial charge is 0.225 e. The summed E-state index contributed by atoms with van der Waals surface area (Å²) in [5.41, 5.74) is 0.992. The van der Waals surface area contributed by atoms with E-state index in [1.165, 1.54) is 35.0 Å². The molecule has 0 amide bonds. The van der Waals surface area contributed by atoms with E-state index in [4.69, 9.17) is 9.97 Å². The third-order valence-corrected chi connectivity index (χ3v) is 7.24. The van der Waals surface area contributed by atoms with Crippen LogP contribution in [0.25, 0.3) is 10.9 Å². The summed E-state index contributed by atoms with van der Waals surface area (Å²) in [6.07, 6.45) is 4.83. The number of para-hydroxylation sites is 1. The fraction of sp³-hybridized carbons (Fsp3) is 0.455. The Morgan fingerprint density at radius 3 is 2.66 bits per heavy atom. The van der Waals surface area contributed by atoms with Crippen LogP contribution in [0.2, 0.25) is 0 Å². The molecule has 0 aliphatic heterocycles. The second kappa shape index (κ2) is 9.41. The van der Waals surface area contributed by atoms with E-state index < -0.39 is 0 Å². The molecule has 154 valence electrons. The molecule has 0 radical (unpaired) electrons. The molecular formula is C22H28BrN5S. The molecule has 5 nitrogen and oxygen atoms in total. The Balaban J connectivity index is 1.30. The zero-order chi connectivity index (χ0) is 20.2. The molecular weight excluding hydrogens is 446 g/mol. The molecule has 0 atom stereocenters. The van der Waals surface area contributed by atoms with Crippen LogP contribution in [0, 0.1) is 5.92 Å². The highest BCUT2D eigenvalue weighted by molar-refractivity contribution is 9.10. The summed E-state index contributed by atoms with van der Waals surface area (Å²) in [5, 5.41) is 10.5. The number of nitrogens with one attached hydrogen (secondary N) is 2. The Labute approximate surface area is 185 Å². The van der Waals surface area contributed by atoms with Gasteiger partial charge < -0.3 is 15.5 Å². The number of rotatable bonds is 7. The molecule has 1 aromatic carbocycles. The lowest BCUT2D eigenvalue weighted by molar-refractivity contribution is 0.324. The van der Waals surface area contributed by atoms with E-state index in [0.29, 0.717) is 6.04 Å². The molecule has 7 heteroatoms. The van der Waals surface area contributed by atoms with Crippen LogP contribution in [0.3, 0.4) is 0 Å². The summed E-state index contributed by atoms with van der Waals surface area (Å²) < 4.78 is 1.18. The van der Waals surface area contributed by atoms with Crippen molar-refractivity contribution in [1.29, 1.82) is 0 Å². The van der Waals surface area contributed by atoms with Crippen LogP contribution in [0.4, 0.5) is 11.8 Å². The molecule has 29 heavy (non-hydrogen) atoms. The van der Waals surface area contributed by atoms with Crippen LogP contribution in [0.1, 0.15) is 30.6 Å². The van der Waals surface area contributed by atoms with Crippen molar-refractivity contribution >= 4 is 49.9 Å². The van der Waals surface area contributed by atoms with Gasteiger partial charge in [-0.15, -0.1) is 11.3 Å². The molecule has 2 N–H and O–H groups in total. The van der Waals surface area contributed by atoms with Gasteiger partial charge in [0.15, 0.2) is 0 Å². The standard InChI is InChI=1S/C22H28BrN5S/c1-28(2)21-19-5-3-4-6-20(19)26-22(27-21)25-17-9-7-15(8-10-17)12-24-13-18-11-16(23)14-29-18/h3-6,11,14-15,17,24H,7-10,12-13H2,1-2H3,(H,25,26,27)/t15-,17+. The van der Waals surface area contributed by atoms with Crippen LogP contribution >= 0.6 is 27.3 Å². The molecule has 4 rings (SSSR count). The number of hydrogen-bond donors (Lipinski definition) is 2. The number of fused-ring (bicyclic) bond motifs is 1. The minimum Gasteiger partial charge on any atom is -0.362 e. The van der Waals surface area contributed by atoms with E-state index in [-0.39, 0.29) is 0 Å². The third-order valence-electron chi connectivity index (χ3n) is 5.54. The third kappa shape index (κ3) is 5.27. The van der Waals surface area contributed by atoms with Gasteiger partial charge in [0.05, 0.1) is 5.52 Å². The molecule has 2 aromatic heterocycles. The van der Waals surface area contributed by atoms with Crippen molar-refractivity contribution < 1.29 is 0 Å². The monoisotopic (exact) mass is 473 g/mol. The average Bonchev–Trinajstić information content (AvgIpc) is 3.13. The van der Waals surface area contributed by atoms with E-state index in [1.54, 1.807) is 11.3 Å². The Morgan fingerprint density at radius 2 is 1.93 bits per heavy atom. The molecule has 1 aliphatic carbocycles. The molecule has 3 aromatic rings. The summed E-state index contributed by atoms with van der Waals surface area (Å²) in [4.78, 5) is 13.0. The lowest BCUT2D eigenvalue weighted by Gasteiger charge is -2.29. The predicted molar refractivity (Wildman–Crippen MR) is 127 cm³/mol. The van der Waals surface area contributed by atoms with Gasteiger partial charge in [-0.3, -0.25) is 0 Å². The summed E-state index contributed by atoms with van der Waals surface area (Å²) in [7, 11) is 4.07. The second-order valence-corrected chi connectivity index (χ2v) is 9.92. The van der Waals surface area contributed by atoms with Crippen LogP contribution in [-0.4, -0.2) is 36.6 Å². The first-order valence-corrected chi connectivity index (χ1v) is 11.9. The topological polar surface area (TPSA) is 53.1 Å². The normalized spacial score (nSPS) is 19.4. The maximum Gasteiger partial charge on any atom is 0.225 e. The van der Waals surface area contributed by atoms with Gasteiger partial charge >= 0.3 is 0 Å². The quantitative estimate of drug-likeness (QED) is 0.488. The summed E-state index contributed by atoms with van der Waals surface area (Å²) in [6, 6.07) is 10.9. The first kappa shape index (κ1) is 20.6. The average molecular weight is 474 g/mol. The Hall–Kier alpha value is -1.70. The Bertz CT molecular complexity index is 949. The lowest BCUT2D eigenvalue weighted by Crippen LogP contribution is -2.31. The fourth-order valence-corrected chi connectivity index (χ4v) is 5.43. The lowest BCUT2D eigenvalue weighted by atomic mass is 9.86. The van der Waals surface area contributed by atoms with Gasteiger partial charge in [0.25, 0.3) is 0 Å². The largest absolute Gasteiger partial charge is 0.362 e. The second-order valence-electron chi connectivity index (χ2n) is 8.01. The number of hydrogen-bond acceptors (Lipinski definition) is 6. The number of anilines is 2. The van der Waals surface area contributed by atoms with Crippen molar-refractivity contribution in [2.45, 2.75) is 38.3 Å². The summed E-state index contributed by atoms with van der Waals surface area (Å²) >= 11 is 5.33. The highest BCUT2D eigenvalue weighted by Crippen LogP contribution is 2.28. The van der Waals surface area contributed by atoms with Crippen LogP contribution in [0.5, 0.6) is 0 Å². The molecule has 1 aliphatic rings. The molecule has 1 fully saturated rings. The Morgan fingerprint density at radius 1 is 1.14 bits per heavy atom. The van der Waals surface area contributed by atoms with E-state index in [1.807, 2.05) is 26.2 Å². The predicted octanol–water partition coefficient (Wildman–Crippen LogP) is 5.28. The highest BCUT2D eigenvalue weighted by atomic mass is 79.9. The van der Waals surface area contributed by atoms with Gasteiger partial charge in [-0.05, 0) is 72.3 Å². The maximum absolute atomic E-state index is 4.79. The molecule has 2 heterocycles. The van der Waals surface area contributed by atoms with Gasteiger partial charge in [-0.2, -0.15) is 4.98 Å². The fourth-order valence-electron chi connectivity index (χ4n) is 4.00. The van der Waals surface area contributed by atoms with Crippen molar-refractivity contribution in [3.8, 4) is 0 Å². The number of halogens is 1. The molecule has 0 saturated heterocycles. The molecule has 0 spiro atoms. The van der Waals surface area contributed by atoms with Crippen molar-refractivity contribution in [1.82, 2.24) is 15.3 Å². The number of benzene rings is 1. The zero-order valence-corrected chi connectivity index (χ0v) is 19.4. The summed E-state index contributed by atoms with van der Waals surface area (Å²) in [5.74, 6) is 2.47. The molecule has 0 bridgehead atoms. The molecule has 1 saturated carbocycles. The van der Waals surface area contributed by atoms with Gasteiger partial charge in [0.2, 0.25) is 5.95 Å². The van der Waals surface area contributed by atoms with Crippen molar-refractivity contribution in [2.75, 3.05) is 30.9 Å². The zero-order valence-electron chi connectivity index (χ0n) is 17.0. The highest BCUT2D eigenvalue weighted by Gasteiger charge is 2.22. The number of nitrogens with zero attached hydrogens (tertiary/aromatic N) is 3. The number of thiophene rings is 1. The van der Waals surface area contributed by atoms with Gasteiger partial charge in [0, 0.05) is 46.8 Å². The minimum atomic E-state index is 0.454. The van der Waals surface area contributed by atoms with E-state index in [9.17, 15) is 0 Å². The van der Waals surface area contributed by atoms with Crippen LogP contribution in [0.15, 0.2) is 40.2 Å². The maximum atomic E-state index is 4.79. The van der Waals surface area contributed by atoms with Crippen molar-refractivity contribution in [2.24, 2.45) is 5.92 Å². The van der Waals surface area contributed by atoms with Crippen molar-refractivity contribution in [3.05, 3.63) is 45.1 Å². The van der Waals surface area contributed by atoms with Gasteiger partial charge in [0.1, 0.15) is 5.82 Å². The minimum absolute atomic E-state index is 0.454.